The molecule has 1 aromatic carbocycles. The maximum absolute atomic E-state index is 12.7. The summed E-state index contributed by atoms with van der Waals surface area (Å²) in [5.74, 6) is 0.0813. The van der Waals surface area contributed by atoms with Gasteiger partial charge in [0.1, 0.15) is 0 Å². The Morgan fingerprint density at radius 2 is 1.78 bits per heavy atom. The van der Waals surface area contributed by atoms with Gasteiger partial charge < -0.3 is 9.80 Å². The second-order valence-electron chi connectivity index (χ2n) is 6.38. The molecule has 1 fully saturated rings. The van der Waals surface area contributed by atoms with Gasteiger partial charge in [-0.2, -0.15) is 0 Å². The number of rotatable bonds is 2. The number of aromatic nitrogens is 1. The van der Waals surface area contributed by atoms with Gasteiger partial charge in [0, 0.05) is 44.1 Å². The van der Waals surface area contributed by atoms with E-state index in [1.54, 1.807) is 6.20 Å². The van der Waals surface area contributed by atoms with Gasteiger partial charge in [0.15, 0.2) is 0 Å². The zero-order valence-electron chi connectivity index (χ0n) is 14.0. The molecule has 4 heteroatoms. The normalized spacial score (nSPS) is 15.7. The first kappa shape index (κ1) is 15.7. The maximum Gasteiger partial charge on any atom is 0.255 e. The number of pyridine rings is 1. The molecule has 2 aromatic rings. The van der Waals surface area contributed by atoms with Gasteiger partial charge in [-0.15, -0.1) is 0 Å². The van der Waals surface area contributed by atoms with Crippen molar-refractivity contribution in [3.63, 3.8) is 0 Å². The minimum Gasteiger partial charge on any atom is -0.336 e. The van der Waals surface area contributed by atoms with Crippen LogP contribution in [0, 0.1) is 13.8 Å². The third kappa shape index (κ3) is 3.42. The number of nitrogens with zero attached hydrogens (tertiary/aromatic N) is 3. The van der Waals surface area contributed by atoms with Crippen molar-refractivity contribution in [1.82, 2.24) is 14.8 Å². The molecule has 0 N–H and O–H groups in total. The molecule has 1 saturated heterocycles. The average Bonchev–Trinajstić information content (AvgIpc) is 2.57. The third-order valence-corrected chi connectivity index (χ3v) is 4.48. The predicted molar refractivity (Wildman–Crippen MR) is 92.5 cm³/mol. The quantitative estimate of drug-likeness (QED) is 0.856. The smallest absolute Gasteiger partial charge is 0.255 e. The number of carbonyl (C=O) groups is 1. The topological polar surface area (TPSA) is 36.4 Å². The molecule has 1 amide bonds. The zero-order chi connectivity index (χ0) is 16.4. The van der Waals surface area contributed by atoms with Crippen LogP contribution in [0.2, 0.25) is 0 Å². The summed E-state index contributed by atoms with van der Waals surface area (Å²) in [4.78, 5) is 21.2. The molecule has 1 aromatic heterocycles. The Morgan fingerprint density at radius 3 is 2.52 bits per heavy atom. The van der Waals surface area contributed by atoms with Crippen LogP contribution in [0.15, 0.2) is 36.7 Å². The van der Waals surface area contributed by atoms with Crippen molar-refractivity contribution in [3.8, 4) is 11.1 Å². The minimum atomic E-state index is 0.0813. The van der Waals surface area contributed by atoms with Crippen molar-refractivity contribution in [3.05, 3.63) is 53.3 Å². The van der Waals surface area contributed by atoms with E-state index in [9.17, 15) is 4.79 Å². The second kappa shape index (κ2) is 6.50. The highest BCUT2D eigenvalue weighted by molar-refractivity contribution is 5.95. The molecule has 4 nitrogen and oxygen atoms in total. The number of hydrogen-bond acceptors (Lipinski definition) is 3. The summed E-state index contributed by atoms with van der Waals surface area (Å²) in [5.41, 5.74) is 5.23. The van der Waals surface area contributed by atoms with Crippen molar-refractivity contribution in [2.45, 2.75) is 13.8 Å². The van der Waals surface area contributed by atoms with Gasteiger partial charge in [0.25, 0.3) is 5.91 Å². The second-order valence-corrected chi connectivity index (χ2v) is 6.38. The number of piperazine rings is 1. The lowest BCUT2D eigenvalue weighted by molar-refractivity contribution is 0.0663. The third-order valence-electron chi connectivity index (χ3n) is 4.48. The fourth-order valence-electron chi connectivity index (χ4n) is 2.94. The highest BCUT2D eigenvalue weighted by Crippen LogP contribution is 2.25. The van der Waals surface area contributed by atoms with Crippen molar-refractivity contribution in [2.75, 3.05) is 33.2 Å². The number of benzene rings is 1. The molecule has 3 rings (SSSR count). The molecule has 120 valence electrons. The van der Waals surface area contributed by atoms with Crippen LogP contribution in [0.25, 0.3) is 11.1 Å². The molecular formula is C19H23N3O. The molecule has 0 aliphatic carbocycles. The highest BCUT2D eigenvalue weighted by Gasteiger charge is 2.21. The molecule has 2 heterocycles. The van der Waals surface area contributed by atoms with Crippen molar-refractivity contribution in [2.24, 2.45) is 0 Å². The molecule has 0 saturated carbocycles. The molecule has 0 atom stereocenters. The first-order chi connectivity index (χ1) is 11.0. The standard InChI is InChI=1S/C19H23N3O/c1-14-4-5-15(2)18(10-14)16-11-17(13-20-12-16)19(23)22-8-6-21(3)7-9-22/h4-5,10-13H,6-9H2,1-3H3. The summed E-state index contributed by atoms with van der Waals surface area (Å²) in [7, 11) is 2.09. The van der Waals surface area contributed by atoms with Crippen LogP contribution in [0.1, 0.15) is 21.5 Å². The van der Waals surface area contributed by atoms with E-state index in [4.69, 9.17) is 0 Å². The van der Waals surface area contributed by atoms with E-state index in [2.05, 4.69) is 49.0 Å². The van der Waals surface area contributed by atoms with Gasteiger partial charge >= 0.3 is 0 Å². The molecule has 0 bridgehead atoms. The predicted octanol–water partition coefficient (Wildman–Crippen LogP) is 2.75. The van der Waals surface area contributed by atoms with Gasteiger partial charge in [-0.05, 0) is 38.1 Å². The van der Waals surface area contributed by atoms with Crippen LogP contribution in [-0.2, 0) is 0 Å². The number of carbonyl (C=O) groups excluding carboxylic acids is 1. The van der Waals surface area contributed by atoms with Gasteiger partial charge in [-0.25, -0.2) is 0 Å². The Kier molecular flexibility index (Phi) is 4.44. The molecular weight excluding hydrogens is 286 g/mol. The summed E-state index contributed by atoms with van der Waals surface area (Å²) in [6, 6.07) is 8.33. The number of likely N-dealkylation sites (N-methyl/N-ethyl adjacent to an activating group) is 1. The van der Waals surface area contributed by atoms with Crippen LogP contribution in [0.3, 0.4) is 0 Å². The fraction of sp³-hybridized carbons (Fsp3) is 0.368. The first-order valence-electron chi connectivity index (χ1n) is 8.05. The summed E-state index contributed by atoms with van der Waals surface area (Å²) in [6.07, 6.45) is 3.51. The Labute approximate surface area is 137 Å². The Hall–Kier alpha value is -2.20. The van der Waals surface area contributed by atoms with Crippen LogP contribution in [-0.4, -0.2) is 53.9 Å². The molecule has 0 spiro atoms. The fourth-order valence-corrected chi connectivity index (χ4v) is 2.94. The lowest BCUT2D eigenvalue weighted by Gasteiger charge is -2.32. The van der Waals surface area contributed by atoms with Crippen molar-refractivity contribution < 1.29 is 4.79 Å². The zero-order valence-corrected chi connectivity index (χ0v) is 14.0. The van der Waals surface area contributed by atoms with Gasteiger partial charge in [0.05, 0.1) is 5.56 Å². The summed E-state index contributed by atoms with van der Waals surface area (Å²) in [6.45, 7) is 7.58. The van der Waals surface area contributed by atoms with Gasteiger partial charge in [-0.3, -0.25) is 9.78 Å². The van der Waals surface area contributed by atoms with E-state index in [0.29, 0.717) is 5.56 Å². The summed E-state index contributed by atoms with van der Waals surface area (Å²) >= 11 is 0. The van der Waals surface area contributed by atoms with Crippen molar-refractivity contribution in [1.29, 1.82) is 0 Å². The summed E-state index contributed by atoms with van der Waals surface area (Å²) < 4.78 is 0. The Bertz CT molecular complexity index is 718. The molecule has 23 heavy (non-hydrogen) atoms. The average molecular weight is 309 g/mol. The van der Waals surface area contributed by atoms with E-state index in [-0.39, 0.29) is 5.91 Å². The first-order valence-corrected chi connectivity index (χ1v) is 8.05. The van der Waals surface area contributed by atoms with E-state index in [0.717, 1.165) is 37.3 Å². The monoisotopic (exact) mass is 309 g/mol. The number of amides is 1. The molecule has 1 aliphatic heterocycles. The molecule has 0 unspecified atom stereocenters. The van der Waals surface area contributed by atoms with Gasteiger partial charge in [0.2, 0.25) is 0 Å². The Morgan fingerprint density at radius 1 is 1.04 bits per heavy atom. The SMILES string of the molecule is Cc1ccc(C)c(-c2cncc(C(=O)N3CCN(C)CC3)c2)c1. The minimum absolute atomic E-state index is 0.0813. The van der Waals surface area contributed by atoms with Crippen LogP contribution in [0.4, 0.5) is 0 Å². The van der Waals surface area contributed by atoms with E-state index in [1.165, 1.54) is 11.1 Å². The van der Waals surface area contributed by atoms with E-state index in [1.807, 2.05) is 17.2 Å². The van der Waals surface area contributed by atoms with Crippen LogP contribution >= 0.6 is 0 Å². The lowest BCUT2D eigenvalue weighted by atomic mass is 9.98. The van der Waals surface area contributed by atoms with E-state index < -0.39 is 0 Å². The van der Waals surface area contributed by atoms with Crippen LogP contribution in [0.5, 0.6) is 0 Å². The lowest BCUT2D eigenvalue weighted by Crippen LogP contribution is -2.47. The summed E-state index contributed by atoms with van der Waals surface area (Å²) in [5, 5.41) is 0. The van der Waals surface area contributed by atoms with Gasteiger partial charge in [-0.1, -0.05) is 23.8 Å². The highest BCUT2D eigenvalue weighted by atomic mass is 16.2. The molecule has 0 radical (unpaired) electrons. The number of aryl methyl sites for hydroxylation is 2. The largest absolute Gasteiger partial charge is 0.336 e. The Balaban J connectivity index is 1.88. The van der Waals surface area contributed by atoms with Crippen LogP contribution < -0.4 is 0 Å². The molecule has 1 aliphatic rings. The number of hydrogen-bond donors (Lipinski definition) is 0. The van der Waals surface area contributed by atoms with E-state index >= 15 is 0 Å². The van der Waals surface area contributed by atoms with Crippen molar-refractivity contribution >= 4 is 5.91 Å². The maximum atomic E-state index is 12.7.